The van der Waals surface area contributed by atoms with Crippen LogP contribution in [0.25, 0.3) is 0 Å². The van der Waals surface area contributed by atoms with Crippen molar-refractivity contribution in [2.24, 2.45) is 5.92 Å². The SMILES string of the molecule is COCC#Cc1ccc2c(c1)O[C@H](CN(C)S(=O)(=O)c1ccc(OC)cc1)[C@@H](C)CN([C@H](C)CO)S2(=O)=O. The maximum Gasteiger partial charge on any atom is 0.247 e. The number of hydrogen-bond acceptors (Lipinski definition) is 8. The molecule has 1 N–H and O–H groups in total. The van der Waals surface area contributed by atoms with Crippen LogP contribution in [0.1, 0.15) is 19.4 Å². The van der Waals surface area contributed by atoms with Crippen molar-refractivity contribution in [3.8, 4) is 23.3 Å². The lowest BCUT2D eigenvalue weighted by Crippen LogP contribution is -2.50. The van der Waals surface area contributed by atoms with Crippen molar-refractivity contribution >= 4 is 20.0 Å². The molecule has 0 spiro atoms. The molecular formula is C26H34N2O8S2. The molecule has 0 radical (unpaired) electrons. The van der Waals surface area contributed by atoms with Gasteiger partial charge in [0.15, 0.2) is 0 Å². The van der Waals surface area contributed by atoms with Gasteiger partial charge in [0.1, 0.15) is 29.1 Å². The largest absolute Gasteiger partial charge is 0.497 e. The Balaban J connectivity index is 2.02. The average molecular weight is 567 g/mol. The van der Waals surface area contributed by atoms with Gasteiger partial charge in [0.05, 0.1) is 25.2 Å². The number of fused-ring (bicyclic) bond motifs is 1. The van der Waals surface area contributed by atoms with E-state index in [0.29, 0.717) is 11.3 Å². The van der Waals surface area contributed by atoms with Gasteiger partial charge in [-0.1, -0.05) is 18.8 Å². The first-order valence-corrected chi connectivity index (χ1v) is 14.8. The van der Waals surface area contributed by atoms with Gasteiger partial charge in [0.2, 0.25) is 20.0 Å². The molecule has 0 aromatic heterocycles. The highest BCUT2D eigenvalue weighted by Gasteiger charge is 2.39. The summed E-state index contributed by atoms with van der Waals surface area (Å²) in [4.78, 5) is 0.0150. The molecule has 12 heteroatoms. The van der Waals surface area contributed by atoms with E-state index in [0.717, 1.165) is 0 Å². The van der Waals surface area contributed by atoms with E-state index >= 15 is 0 Å². The van der Waals surface area contributed by atoms with E-state index in [1.54, 1.807) is 32.0 Å². The molecule has 1 aliphatic heterocycles. The quantitative estimate of drug-likeness (QED) is 0.480. The van der Waals surface area contributed by atoms with Crippen LogP contribution in [-0.4, -0.2) is 90.3 Å². The molecule has 0 saturated heterocycles. The fourth-order valence-electron chi connectivity index (χ4n) is 4.01. The van der Waals surface area contributed by atoms with Gasteiger partial charge in [-0.05, 0) is 49.4 Å². The maximum atomic E-state index is 13.6. The van der Waals surface area contributed by atoms with Gasteiger partial charge < -0.3 is 19.3 Å². The lowest BCUT2D eigenvalue weighted by molar-refractivity contribution is 0.0904. The molecule has 10 nitrogen and oxygen atoms in total. The van der Waals surface area contributed by atoms with Gasteiger partial charge in [0, 0.05) is 38.2 Å². The highest BCUT2D eigenvalue weighted by atomic mass is 32.2. The summed E-state index contributed by atoms with van der Waals surface area (Å²) < 4.78 is 72.5. The van der Waals surface area contributed by atoms with E-state index in [1.807, 2.05) is 0 Å². The molecule has 2 aromatic carbocycles. The number of aliphatic hydroxyl groups is 1. The van der Waals surface area contributed by atoms with E-state index in [1.165, 1.54) is 54.1 Å². The van der Waals surface area contributed by atoms with Gasteiger partial charge in [-0.3, -0.25) is 0 Å². The third kappa shape index (κ3) is 6.48. The van der Waals surface area contributed by atoms with Crippen LogP contribution in [0.2, 0.25) is 0 Å². The van der Waals surface area contributed by atoms with Crippen LogP contribution in [0.15, 0.2) is 52.3 Å². The highest BCUT2D eigenvalue weighted by Crippen LogP contribution is 2.34. The lowest BCUT2D eigenvalue weighted by atomic mass is 10.0. The van der Waals surface area contributed by atoms with Crippen molar-refractivity contribution in [1.29, 1.82) is 0 Å². The fourth-order valence-corrected chi connectivity index (χ4v) is 7.02. The van der Waals surface area contributed by atoms with E-state index in [2.05, 4.69) is 11.8 Å². The Bertz CT molecular complexity index is 1380. The number of benzene rings is 2. The molecular weight excluding hydrogens is 532 g/mol. The molecule has 3 rings (SSSR count). The second-order valence-electron chi connectivity index (χ2n) is 9.10. The summed E-state index contributed by atoms with van der Waals surface area (Å²) in [6.07, 6.45) is -0.710. The Hall–Kier alpha value is -2.66. The molecule has 208 valence electrons. The summed E-state index contributed by atoms with van der Waals surface area (Å²) in [5, 5.41) is 9.80. The lowest BCUT2D eigenvalue weighted by Gasteiger charge is -2.37. The Morgan fingerprint density at radius 1 is 1.21 bits per heavy atom. The standard InChI is InChI=1S/C26H34N2O8S2/c1-19-16-28(20(2)18-29)38(32,33)26-13-8-21(7-6-14-34-4)15-24(26)36-25(19)17-27(3)37(30,31)23-11-9-22(35-5)10-12-23/h8-13,15,19-20,25,29H,14,16-18H2,1-5H3/t19-,20+,25+/m0/s1. The third-order valence-electron chi connectivity index (χ3n) is 6.32. The monoisotopic (exact) mass is 566 g/mol. The average Bonchev–Trinajstić information content (AvgIpc) is 2.90. The summed E-state index contributed by atoms with van der Waals surface area (Å²) in [7, 11) is -3.44. The number of likely N-dealkylation sites (N-methyl/N-ethyl adjacent to an activating group) is 1. The minimum absolute atomic E-state index is 0.0278. The maximum absolute atomic E-state index is 13.6. The zero-order valence-corrected chi connectivity index (χ0v) is 23.8. The summed E-state index contributed by atoms with van der Waals surface area (Å²) in [6.45, 7) is 3.21. The molecule has 0 bridgehead atoms. The topological polar surface area (TPSA) is 123 Å². The summed E-state index contributed by atoms with van der Waals surface area (Å²) in [5.41, 5.74) is 0.518. The van der Waals surface area contributed by atoms with Crippen molar-refractivity contribution in [1.82, 2.24) is 8.61 Å². The predicted molar refractivity (Wildman–Crippen MR) is 142 cm³/mol. The van der Waals surface area contributed by atoms with Crippen molar-refractivity contribution in [2.45, 2.75) is 35.8 Å². The number of aliphatic hydroxyl groups excluding tert-OH is 1. The van der Waals surface area contributed by atoms with E-state index in [-0.39, 0.29) is 41.8 Å². The minimum Gasteiger partial charge on any atom is -0.497 e. The molecule has 0 aliphatic carbocycles. The molecule has 2 aromatic rings. The van der Waals surface area contributed by atoms with Crippen LogP contribution in [-0.2, 0) is 24.8 Å². The first-order chi connectivity index (χ1) is 17.9. The van der Waals surface area contributed by atoms with Gasteiger partial charge in [0.25, 0.3) is 0 Å². The van der Waals surface area contributed by atoms with Gasteiger partial charge >= 0.3 is 0 Å². The Morgan fingerprint density at radius 2 is 1.89 bits per heavy atom. The second kappa shape index (κ2) is 12.5. The number of hydrogen-bond donors (Lipinski definition) is 1. The van der Waals surface area contributed by atoms with Crippen molar-refractivity contribution in [3.05, 3.63) is 48.0 Å². The van der Waals surface area contributed by atoms with Gasteiger partial charge in [-0.25, -0.2) is 16.8 Å². The third-order valence-corrected chi connectivity index (χ3v) is 10.2. The molecule has 3 atom stereocenters. The number of nitrogens with zero attached hydrogens (tertiary/aromatic N) is 2. The van der Waals surface area contributed by atoms with Crippen LogP contribution < -0.4 is 9.47 Å². The number of sulfonamides is 2. The Labute approximate surface area is 225 Å². The molecule has 0 saturated carbocycles. The smallest absolute Gasteiger partial charge is 0.247 e. The summed E-state index contributed by atoms with van der Waals surface area (Å²) >= 11 is 0. The van der Waals surface area contributed by atoms with Crippen LogP contribution in [0.3, 0.4) is 0 Å². The normalized spacial score (nSPS) is 20.3. The highest BCUT2D eigenvalue weighted by molar-refractivity contribution is 7.89. The fraction of sp³-hybridized carbons (Fsp3) is 0.462. The van der Waals surface area contributed by atoms with Crippen molar-refractivity contribution < 1.29 is 36.2 Å². The number of rotatable bonds is 8. The molecule has 1 aliphatic rings. The molecule has 0 amide bonds. The summed E-state index contributed by atoms with van der Waals surface area (Å²) in [5.74, 6) is 5.90. The predicted octanol–water partition coefficient (Wildman–Crippen LogP) is 1.78. The van der Waals surface area contributed by atoms with Crippen molar-refractivity contribution in [2.75, 3.05) is 47.6 Å². The van der Waals surface area contributed by atoms with Crippen LogP contribution in [0.4, 0.5) is 0 Å². The van der Waals surface area contributed by atoms with E-state index in [9.17, 15) is 21.9 Å². The number of methoxy groups -OCH3 is 2. The first-order valence-electron chi connectivity index (χ1n) is 12.0. The molecule has 1 heterocycles. The van der Waals surface area contributed by atoms with Crippen molar-refractivity contribution in [3.63, 3.8) is 0 Å². The van der Waals surface area contributed by atoms with Gasteiger partial charge in [-0.15, -0.1) is 0 Å². The van der Waals surface area contributed by atoms with Crippen LogP contribution >= 0.6 is 0 Å². The number of ether oxygens (including phenoxy) is 3. The van der Waals surface area contributed by atoms with Crippen LogP contribution in [0, 0.1) is 17.8 Å². The van der Waals surface area contributed by atoms with E-state index < -0.39 is 38.1 Å². The Kier molecular flexibility index (Phi) is 9.80. The molecule has 0 unspecified atom stereocenters. The minimum atomic E-state index is -4.03. The van der Waals surface area contributed by atoms with Crippen LogP contribution in [0.5, 0.6) is 11.5 Å². The second-order valence-corrected chi connectivity index (χ2v) is 13.0. The zero-order chi connectivity index (χ0) is 28.1. The molecule has 38 heavy (non-hydrogen) atoms. The van der Waals surface area contributed by atoms with Gasteiger partial charge in [-0.2, -0.15) is 8.61 Å². The Morgan fingerprint density at radius 3 is 2.50 bits per heavy atom. The summed E-state index contributed by atoms with van der Waals surface area (Å²) in [6, 6.07) is 9.88. The molecule has 0 fully saturated rings. The first kappa shape index (κ1) is 29.9. The van der Waals surface area contributed by atoms with E-state index in [4.69, 9.17) is 14.2 Å². The zero-order valence-electron chi connectivity index (χ0n) is 22.1.